The first-order chi connectivity index (χ1) is 16.6. The molecule has 34 heavy (non-hydrogen) atoms. The number of hydrogen-bond donors (Lipinski definition) is 2. The molecule has 184 valence electrons. The Balaban J connectivity index is 1.47. The zero-order valence-corrected chi connectivity index (χ0v) is 20.2. The summed E-state index contributed by atoms with van der Waals surface area (Å²) in [4.78, 5) is 12.8. The molecule has 1 amide bonds. The van der Waals surface area contributed by atoms with Crippen LogP contribution in [0.5, 0.6) is 5.75 Å². The van der Waals surface area contributed by atoms with E-state index >= 15 is 0 Å². The van der Waals surface area contributed by atoms with Crippen molar-refractivity contribution in [3.05, 3.63) is 41.7 Å². The molecule has 1 unspecified atom stereocenters. The van der Waals surface area contributed by atoms with Gasteiger partial charge in [0.15, 0.2) is 5.69 Å². The molecule has 1 saturated carbocycles. The first-order valence-electron chi connectivity index (χ1n) is 12.9. The molecule has 6 nitrogen and oxygen atoms in total. The SMILES string of the molecule is CCCCc1nnc(C(=O)NCC2CCNC[C@H]2F)cc1-c1ccc(OC2CCCCC2)cc1. The average molecular weight is 469 g/mol. The van der Waals surface area contributed by atoms with Crippen molar-refractivity contribution in [2.24, 2.45) is 5.92 Å². The number of piperidine rings is 1. The third kappa shape index (κ3) is 6.53. The first kappa shape index (κ1) is 24.6. The maximum Gasteiger partial charge on any atom is 0.271 e. The van der Waals surface area contributed by atoms with Crippen LogP contribution >= 0.6 is 0 Å². The molecule has 7 heteroatoms. The summed E-state index contributed by atoms with van der Waals surface area (Å²) in [6, 6.07) is 9.90. The molecule has 1 aliphatic heterocycles. The van der Waals surface area contributed by atoms with E-state index in [4.69, 9.17) is 4.74 Å². The van der Waals surface area contributed by atoms with Gasteiger partial charge < -0.3 is 15.4 Å². The Morgan fingerprint density at radius 2 is 1.94 bits per heavy atom. The van der Waals surface area contributed by atoms with Crippen LogP contribution in [0, 0.1) is 5.92 Å². The zero-order valence-electron chi connectivity index (χ0n) is 20.2. The third-order valence-electron chi connectivity index (χ3n) is 6.96. The minimum atomic E-state index is -0.943. The summed E-state index contributed by atoms with van der Waals surface area (Å²) in [6.45, 7) is 3.57. The van der Waals surface area contributed by atoms with Crippen molar-refractivity contribution in [2.45, 2.75) is 77.0 Å². The number of aryl methyl sites for hydroxylation is 1. The van der Waals surface area contributed by atoms with Crippen molar-refractivity contribution in [1.82, 2.24) is 20.8 Å². The Hall–Kier alpha value is -2.54. The fourth-order valence-electron chi connectivity index (χ4n) is 4.81. The second-order valence-electron chi connectivity index (χ2n) is 9.57. The van der Waals surface area contributed by atoms with Crippen LogP contribution in [-0.4, -0.2) is 48.0 Å². The summed E-state index contributed by atoms with van der Waals surface area (Å²) in [5.41, 5.74) is 3.07. The number of nitrogens with one attached hydrogen (secondary N) is 2. The normalized spacial score (nSPS) is 21.2. The molecule has 2 N–H and O–H groups in total. The lowest BCUT2D eigenvalue weighted by molar-refractivity contribution is 0.0922. The second-order valence-corrected chi connectivity index (χ2v) is 9.57. The second kappa shape index (κ2) is 12.2. The molecule has 2 heterocycles. The molecule has 2 aromatic rings. The number of carbonyl (C=O) groups excluding carboxylic acids is 1. The number of alkyl halides is 1. The monoisotopic (exact) mass is 468 g/mol. The van der Waals surface area contributed by atoms with E-state index in [1.165, 1.54) is 19.3 Å². The Morgan fingerprint density at radius 3 is 2.68 bits per heavy atom. The first-order valence-corrected chi connectivity index (χ1v) is 12.9. The highest BCUT2D eigenvalue weighted by Gasteiger charge is 2.25. The number of ether oxygens (including phenoxy) is 1. The van der Waals surface area contributed by atoms with Gasteiger partial charge >= 0.3 is 0 Å². The van der Waals surface area contributed by atoms with Gasteiger partial charge in [-0.1, -0.05) is 31.9 Å². The number of benzene rings is 1. The molecule has 4 rings (SSSR count). The minimum Gasteiger partial charge on any atom is -0.490 e. The predicted molar refractivity (Wildman–Crippen MR) is 132 cm³/mol. The number of halogens is 1. The quantitative estimate of drug-likeness (QED) is 0.549. The molecule has 0 bridgehead atoms. The lowest BCUT2D eigenvalue weighted by atomic mass is 9.96. The van der Waals surface area contributed by atoms with E-state index in [0.29, 0.717) is 25.6 Å². The molecular formula is C27H37FN4O2. The summed E-state index contributed by atoms with van der Waals surface area (Å²) in [5, 5.41) is 14.5. The molecule has 0 spiro atoms. The van der Waals surface area contributed by atoms with Gasteiger partial charge in [0.05, 0.1) is 11.8 Å². The number of amides is 1. The van der Waals surface area contributed by atoms with Crippen molar-refractivity contribution >= 4 is 5.91 Å². The molecular weight excluding hydrogens is 431 g/mol. The van der Waals surface area contributed by atoms with Crippen LogP contribution in [0.15, 0.2) is 30.3 Å². The fourth-order valence-corrected chi connectivity index (χ4v) is 4.81. The summed E-state index contributed by atoms with van der Waals surface area (Å²) in [7, 11) is 0. The lowest BCUT2D eigenvalue weighted by Crippen LogP contribution is -2.43. The highest BCUT2D eigenvalue weighted by Crippen LogP contribution is 2.28. The van der Waals surface area contributed by atoms with Crippen LogP contribution < -0.4 is 15.4 Å². The molecule has 1 aromatic heterocycles. The van der Waals surface area contributed by atoms with Gasteiger partial charge in [-0.3, -0.25) is 4.79 Å². The lowest BCUT2D eigenvalue weighted by Gasteiger charge is -2.26. The molecule has 1 aromatic carbocycles. The van der Waals surface area contributed by atoms with Gasteiger partial charge in [0.2, 0.25) is 0 Å². The topological polar surface area (TPSA) is 76.1 Å². The van der Waals surface area contributed by atoms with Crippen LogP contribution in [0.25, 0.3) is 11.1 Å². The number of aromatic nitrogens is 2. The maximum atomic E-state index is 14.1. The van der Waals surface area contributed by atoms with E-state index in [0.717, 1.165) is 61.2 Å². The number of hydrogen-bond acceptors (Lipinski definition) is 5. The zero-order chi connectivity index (χ0) is 23.8. The summed E-state index contributed by atoms with van der Waals surface area (Å²) >= 11 is 0. The molecule has 2 aliphatic rings. The van der Waals surface area contributed by atoms with Gasteiger partial charge in [0.1, 0.15) is 11.9 Å². The molecule has 2 fully saturated rings. The van der Waals surface area contributed by atoms with E-state index in [1.807, 2.05) is 30.3 Å². The van der Waals surface area contributed by atoms with E-state index in [2.05, 4.69) is 27.8 Å². The minimum absolute atomic E-state index is 0.168. The maximum absolute atomic E-state index is 14.1. The van der Waals surface area contributed by atoms with Gasteiger partial charge in [-0.05, 0) is 75.3 Å². The summed E-state index contributed by atoms with van der Waals surface area (Å²) < 4.78 is 20.3. The van der Waals surface area contributed by atoms with Crippen molar-refractivity contribution < 1.29 is 13.9 Å². The van der Waals surface area contributed by atoms with Gasteiger partial charge in [-0.15, -0.1) is 5.10 Å². The highest BCUT2D eigenvalue weighted by molar-refractivity contribution is 5.93. The average Bonchev–Trinajstić information content (AvgIpc) is 2.88. The van der Waals surface area contributed by atoms with Crippen LogP contribution in [-0.2, 0) is 6.42 Å². The van der Waals surface area contributed by atoms with Gasteiger partial charge in [0, 0.05) is 24.6 Å². The molecule has 1 saturated heterocycles. The smallest absolute Gasteiger partial charge is 0.271 e. The Bertz CT molecular complexity index is 931. The van der Waals surface area contributed by atoms with Crippen LogP contribution in [0.3, 0.4) is 0 Å². The third-order valence-corrected chi connectivity index (χ3v) is 6.96. The Morgan fingerprint density at radius 1 is 1.15 bits per heavy atom. The van der Waals surface area contributed by atoms with Crippen LogP contribution in [0.4, 0.5) is 4.39 Å². The highest BCUT2D eigenvalue weighted by atomic mass is 19.1. The number of rotatable bonds is 9. The predicted octanol–water partition coefficient (Wildman–Crippen LogP) is 4.88. The number of nitrogens with zero attached hydrogens (tertiary/aromatic N) is 2. The van der Waals surface area contributed by atoms with E-state index < -0.39 is 6.17 Å². The van der Waals surface area contributed by atoms with Crippen LogP contribution in [0.2, 0.25) is 0 Å². The Kier molecular flexibility index (Phi) is 8.85. The van der Waals surface area contributed by atoms with E-state index in [1.54, 1.807) is 0 Å². The largest absolute Gasteiger partial charge is 0.490 e. The van der Waals surface area contributed by atoms with Crippen LogP contribution in [0.1, 0.15) is 74.5 Å². The van der Waals surface area contributed by atoms with Gasteiger partial charge in [-0.25, -0.2) is 4.39 Å². The number of carbonyl (C=O) groups is 1. The molecule has 0 radical (unpaired) electrons. The van der Waals surface area contributed by atoms with E-state index in [9.17, 15) is 9.18 Å². The molecule has 1 aliphatic carbocycles. The van der Waals surface area contributed by atoms with Crippen molar-refractivity contribution in [3.8, 4) is 16.9 Å². The van der Waals surface area contributed by atoms with Gasteiger partial charge in [-0.2, -0.15) is 5.10 Å². The van der Waals surface area contributed by atoms with Crippen molar-refractivity contribution in [2.75, 3.05) is 19.6 Å². The molecule has 2 atom stereocenters. The van der Waals surface area contributed by atoms with Crippen molar-refractivity contribution in [3.63, 3.8) is 0 Å². The van der Waals surface area contributed by atoms with E-state index in [-0.39, 0.29) is 17.5 Å². The summed E-state index contributed by atoms with van der Waals surface area (Å²) in [5.74, 6) is 0.408. The fraction of sp³-hybridized carbons (Fsp3) is 0.593. The Labute approximate surface area is 202 Å². The van der Waals surface area contributed by atoms with Crippen molar-refractivity contribution in [1.29, 1.82) is 0 Å². The number of unbranched alkanes of at least 4 members (excludes halogenated alkanes) is 1. The van der Waals surface area contributed by atoms with Gasteiger partial charge in [0.25, 0.3) is 5.91 Å². The standard InChI is InChI=1S/C27H37FN4O2/c1-2-3-9-25-23(19-10-12-22(13-11-19)34-21-7-5-4-6-8-21)16-26(32-31-25)27(33)30-17-20-14-15-29-18-24(20)28/h10-13,16,20-21,24,29H,2-9,14-15,17-18H2,1H3,(H,30,33)/t20?,24-/m1/s1. The summed E-state index contributed by atoms with van der Waals surface area (Å²) in [6.07, 6.45) is 8.96.